The minimum atomic E-state index is -2.85. The van der Waals surface area contributed by atoms with Crippen LogP contribution in [0.2, 0.25) is 0 Å². The van der Waals surface area contributed by atoms with Gasteiger partial charge in [-0.1, -0.05) is 0 Å². The number of rotatable bonds is 7. The van der Waals surface area contributed by atoms with Gasteiger partial charge in [-0.15, -0.1) is 0 Å². The van der Waals surface area contributed by atoms with Gasteiger partial charge >= 0.3 is 0 Å². The third kappa shape index (κ3) is 6.33. The molecular formula is C16H28N4O4S. The van der Waals surface area contributed by atoms with Crippen molar-refractivity contribution in [3.05, 3.63) is 24.2 Å². The zero-order chi connectivity index (χ0) is 18.3. The number of nitrogens with one attached hydrogen (secondary N) is 2. The molecular weight excluding hydrogens is 344 g/mol. The fraction of sp³-hybridized carbons (Fsp3) is 0.688. The van der Waals surface area contributed by atoms with E-state index in [1.165, 1.54) is 6.26 Å². The lowest BCUT2D eigenvalue weighted by Crippen LogP contribution is -2.46. The largest absolute Gasteiger partial charge is 0.466 e. The molecule has 2 heterocycles. The van der Waals surface area contributed by atoms with Crippen LogP contribution in [0.3, 0.4) is 0 Å². The van der Waals surface area contributed by atoms with Gasteiger partial charge in [-0.25, -0.2) is 13.4 Å². The lowest BCUT2D eigenvalue weighted by molar-refractivity contribution is 0.0437. The molecule has 2 rings (SSSR count). The minimum absolute atomic E-state index is 0.164. The van der Waals surface area contributed by atoms with Crippen molar-refractivity contribution in [2.24, 2.45) is 4.99 Å². The van der Waals surface area contributed by atoms with Gasteiger partial charge in [-0.3, -0.25) is 4.90 Å². The number of nitrogens with zero attached hydrogens (tertiary/aromatic N) is 2. The van der Waals surface area contributed by atoms with E-state index < -0.39 is 15.4 Å². The summed E-state index contributed by atoms with van der Waals surface area (Å²) < 4.78 is 28.1. The predicted octanol–water partition coefficient (Wildman–Crippen LogP) is -0.227. The van der Waals surface area contributed by atoms with Crippen molar-refractivity contribution in [3.8, 4) is 0 Å². The lowest BCUT2D eigenvalue weighted by Gasteiger charge is -2.26. The summed E-state index contributed by atoms with van der Waals surface area (Å²) >= 11 is 0. The van der Waals surface area contributed by atoms with Gasteiger partial charge in [0.15, 0.2) is 15.8 Å². The van der Waals surface area contributed by atoms with Gasteiger partial charge in [0.25, 0.3) is 0 Å². The molecule has 0 radical (unpaired) electrons. The van der Waals surface area contributed by atoms with Crippen molar-refractivity contribution in [1.82, 2.24) is 15.5 Å². The Bertz CT molecular complexity index is 642. The summed E-state index contributed by atoms with van der Waals surface area (Å²) in [6.45, 7) is 7.04. The van der Waals surface area contributed by atoms with Crippen LogP contribution in [0, 0.1) is 0 Å². The van der Waals surface area contributed by atoms with E-state index in [2.05, 4.69) is 20.5 Å². The second-order valence-electron chi connectivity index (χ2n) is 6.37. The molecule has 1 aliphatic rings. The van der Waals surface area contributed by atoms with E-state index in [-0.39, 0.29) is 18.1 Å². The second kappa shape index (κ2) is 8.68. The van der Waals surface area contributed by atoms with E-state index in [0.29, 0.717) is 37.9 Å². The van der Waals surface area contributed by atoms with Crippen molar-refractivity contribution in [1.29, 1.82) is 0 Å². The van der Waals surface area contributed by atoms with E-state index in [1.807, 2.05) is 6.92 Å². The van der Waals surface area contributed by atoms with Crippen LogP contribution in [0.25, 0.3) is 0 Å². The molecule has 1 aromatic heterocycles. The molecule has 1 unspecified atom stereocenters. The van der Waals surface area contributed by atoms with Crippen molar-refractivity contribution in [2.75, 3.05) is 50.8 Å². The zero-order valence-electron chi connectivity index (χ0n) is 14.9. The molecule has 0 spiro atoms. The maximum Gasteiger partial charge on any atom is 0.191 e. The molecule has 0 bridgehead atoms. The van der Waals surface area contributed by atoms with Gasteiger partial charge in [0.2, 0.25) is 0 Å². The Hall–Kier alpha value is -1.58. The highest BCUT2D eigenvalue weighted by Crippen LogP contribution is 2.20. The highest BCUT2D eigenvalue weighted by Gasteiger charge is 2.26. The van der Waals surface area contributed by atoms with Crippen LogP contribution in [0.1, 0.15) is 19.6 Å². The molecule has 0 aromatic carbocycles. The van der Waals surface area contributed by atoms with E-state index in [9.17, 15) is 13.5 Å². The van der Waals surface area contributed by atoms with Crippen LogP contribution >= 0.6 is 0 Å². The van der Waals surface area contributed by atoms with Crippen LogP contribution in [0.4, 0.5) is 0 Å². The average Bonchev–Trinajstić information content (AvgIpc) is 3.09. The third-order valence-electron chi connectivity index (χ3n) is 4.10. The number of hydrogen-bond donors (Lipinski definition) is 3. The normalized spacial score (nSPS) is 20.8. The molecule has 1 aromatic rings. The molecule has 1 aliphatic heterocycles. The molecule has 1 saturated heterocycles. The second-order valence-corrected chi connectivity index (χ2v) is 8.67. The Balaban J connectivity index is 1.82. The maximum absolute atomic E-state index is 11.4. The monoisotopic (exact) mass is 372 g/mol. The summed E-state index contributed by atoms with van der Waals surface area (Å²) in [6.07, 6.45) is 1.52. The first-order chi connectivity index (χ1) is 11.8. The summed E-state index contributed by atoms with van der Waals surface area (Å²) in [5, 5.41) is 16.8. The Kier molecular flexibility index (Phi) is 6.86. The van der Waals surface area contributed by atoms with Crippen LogP contribution in [0.5, 0.6) is 0 Å². The quantitative estimate of drug-likeness (QED) is 0.448. The molecule has 1 fully saturated rings. The molecule has 25 heavy (non-hydrogen) atoms. The fourth-order valence-corrected chi connectivity index (χ4v) is 3.82. The van der Waals surface area contributed by atoms with Crippen molar-refractivity contribution < 1.29 is 17.9 Å². The molecule has 0 saturated carbocycles. The lowest BCUT2D eigenvalue weighted by atomic mass is 10.0. The Labute approximate surface area is 149 Å². The molecule has 0 amide bonds. The molecule has 8 nitrogen and oxygen atoms in total. The molecule has 3 N–H and O–H groups in total. The molecule has 0 aliphatic carbocycles. The van der Waals surface area contributed by atoms with Gasteiger partial charge in [0.05, 0.1) is 24.3 Å². The smallest absolute Gasteiger partial charge is 0.191 e. The summed E-state index contributed by atoms with van der Waals surface area (Å²) in [7, 11) is -2.85. The summed E-state index contributed by atoms with van der Waals surface area (Å²) in [6, 6.07) is 3.45. The van der Waals surface area contributed by atoms with Crippen molar-refractivity contribution in [3.63, 3.8) is 0 Å². The minimum Gasteiger partial charge on any atom is -0.466 e. The van der Waals surface area contributed by atoms with E-state index in [0.717, 1.165) is 6.54 Å². The van der Waals surface area contributed by atoms with Crippen LogP contribution < -0.4 is 10.6 Å². The summed E-state index contributed by atoms with van der Waals surface area (Å²) in [5.41, 5.74) is -1.17. The first-order valence-electron chi connectivity index (χ1n) is 8.54. The maximum atomic E-state index is 11.4. The molecule has 142 valence electrons. The van der Waals surface area contributed by atoms with Crippen molar-refractivity contribution in [2.45, 2.75) is 19.4 Å². The van der Waals surface area contributed by atoms with Crippen LogP contribution in [0.15, 0.2) is 27.8 Å². The number of hydrogen-bond acceptors (Lipinski definition) is 6. The Morgan fingerprint density at radius 2 is 2.12 bits per heavy atom. The Morgan fingerprint density at radius 3 is 2.72 bits per heavy atom. The molecule has 9 heteroatoms. The Morgan fingerprint density at radius 1 is 1.40 bits per heavy atom. The summed E-state index contributed by atoms with van der Waals surface area (Å²) in [5.74, 6) is 1.54. The van der Waals surface area contributed by atoms with Crippen LogP contribution in [-0.4, -0.2) is 75.2 Å². The number of sulfone groups is 1. The number of aliphatic hydroxyl groups is 1. The predicted molar refractivity (Wildman–Crippen MR) is 97.4 cm³/mol. The van der Waals surface area contributed by atoms with E-state index in [1.54, 1.807) is 19.1 Å². The fourth-order valence-electron chi connectivity index (χ4n) is 2.54. The number of furan rings is 1. The van der Waals surface area contributed by atoms with Gasteiger partial charge in [-0.05, 0) is 26.0 Å². The van der Waals surface area contributed by atoms with E-state index in [4.69, 9.17) is 4.42 Å². The van der Waals surface area contributed by atoms with Crippen LogP contribution in [-0.2, 0) is 15.4 Å². The standard InChI is InChI=1S/C16H28N4O4S/c1-3-17-15(19-13-16(2,21)14-5-4-10-24-14)18-6-7-20-8-11-25(22,23)12-9-20/h4-5,10,21H,3,6-9,11-13H2,1-2H3,(H2,17,18,19). The van der Waals surface area contributed by atoms with E-state index >= 15 is 0 Å². The third-order valence-corrected chi connectivity index (χ3v) is 5.71. The van der Waals surface area contributed by atoms with Crippen molar-refractivity contribution >= 4 is 15.8 Å². The zero-order valence-corrected chi connectivity index (χ0v) is 15.7. The van der Waals surface area contributed by atoms with Gasteiger partial charge in [-0.2, -0.15) is 0 Å². The van der Waals surface area contributed by atoms with Gasteiger partial charge < -0.3 is 20.2 Å². The van der Waals surface area contributed by atoms with Gasteiger partial charge in [0.1, 0.15) is 11.4 Å². The highest BCUT2D eigenvalue weighted by molar-refractivity contribution is 7.91. The number of guanidine groups is 1. The highest BCUT2D eigenvalue weighted by atomic mass is 32.2. The number of aliphatic imine (C=N–C) groups is 1. The first-order valence-corrected chi connectivity index (χ1v) is 10.4. The summed E-state index contributed by atoms with van der Waals surface area (Å²) in [4.78, 5) is 6.54. The molecule has 1 atom stereocenters. The SMILES string of the molecule is CCNC(=NCC(C)(O)c1ccco1)NCCN1CCS(=O)(=O)CC1. The average molecular weight is 372 g/mol. The van der Waals surface area contributed by atoms with Gasteiger partial charge in [0, 0.05) is 32.7 Å². The topological polar surface area (TPSA) is 107 Å². The first kappa shape index (κ1) is 19.7.